The van der Waals surface area contributed by atoms with Crippen LogP contribution >= 0.6 is 0 Å². The smallest absolute Gasteiger partial charge is 0.322 e. The fourth-order valence-electron chi connectivity index (χ4n) is 2.87. The molecule has 3 rings (SSSR count). The first-order valence-corrected chi connectivity index (χ1v) is 7.94. The zero-order valence-electron chi connectivity index (χ0n) is 14.0. The van der Waals surface area contributed by atoms with E-state index in [-0.39, 0.29) is 12.1 Å². The van der Waals surface area contributed by atoms with Gasteiger partial charge in [0, 0.05) is 32.1 Å². The Hall–Kier alpha value is -2.77. The molecule has 1 aliphatic rings. The van der Waals surface area contributed by atoms with E-state index < -0.39 is 23.4 Å². The van der Waals surface area contributed by atoms with Crippen molar-refractivity contribution in [1.29, 1.82) is 0 Å². The van der Waals surface area contributed by atoms with Crippen LogP contribution < -0.4 is 10.9 Å². The van der Waals surface area contributed by atoms with Crippen molar-refractivity contribution < 1.29 is 13.6 Å². The lowest BCUT2D eigenvalue weighted by atomic mass is 10.1. The van der Waals surface area contributed by atoms with E-state index in [9.17, 15) is 18.4 Å². The minimum atomic E-state index is -0.836. The summed E-state index contributed by atoms with van der Waals surface area (Å²) >= 11 is 0. The summed E-state index contributed by atoms with van der Waals surface area (Å²) in [6.45, 7) is 2.33. The van der Waals surface area contributed by atoms with E-state index >= 15 is 0 Å². The Morgan fingerprint density at radius 3 is 2.52 bits per heavy atom. The Labute approximate surface area is 143 Å². The molecule has 25 heavy (non-hydrogen) atoms. The van der Waals surface area contributed by atoms with Gasteiger partial charge in [0.05, 0.1) is 5.69 Å². The number of nitrogens with zero attached hydrogens (tertiary/aromatic N) is 3. The predicted octanol–water partition coefficient (Wildman–Crippen LogP) is 2.00. The van der Waals surface area contributed by atoms with Gasteiger partial charge >= 0.3 is 6.03 Å². The number of urea groups is 1. The van der Waals surface area contributed by atoms with Crippen LogP contribution in [0.3, 0.4) is 0 Å². The van der Waals surface area contributed by atoms with E-state index in [0.29, 0.717) is 36.5 Å². The Bertz CT molecular complexity index is 875. The molecule has 1 aliphatic heterocycles. The Morgan fingerprint density at radius 1 is 1.20 bits per heavy atom. The first-order valence-electron chi connectivity index (χ1n) is 7.94. The number of hydrogen-bond donors (Lipinski definition) is 1. The predicted molar refractivity (Wildman–Crippen MR) is 88.6 cm³/mol. The second-order valence-electron chi connectivity index (χ2n) is 5.96. The highest BCUT2D eigenvalue weighted by atomic mass is 19.1. The van der Waals surface area contributed by atoms with Gasteiger partial charge in [-0.1, -0.05) is 6.07 Å². The third-order valence-corrected chi connectivity index (χ3v) is 4.43. The highest BCUT2D eigenvalue weighted by Crippen LogP contribution is 2.19. The van der Waals surface area contributed by atoms with Crippen molar-refractivity contribution in [2.75, 3.05) is 18.4 Å². The summed E-state index contributed by atoms with van der Waals surface area (Å²) < 4.78 is 28.9. The maximum Gasteiger partial charge on any atom is 0.322 e. The van der Waals surface area contributed by atoms with Crippen LogP contribution in [0.2, 0.25) is 0 Å². The molecule has 0 saturated carbocycles. The molecule has 2 heterocycles. The second kappa shape index (κ2) is 6.62. The largest absolute Gasteiger partial charge is 0.324 e. The normalized spacial score (nSPS) is 14.0. The minimum Gasteiger partial charge on any atom is -0.324 e. The number of benzene rings is 1. The molecule has 2 amide bonds. The monoisotopic (exact) mass is 348 g/mol. The minimum absolute atomic E-state index is 0.120. The lowest BCUT2D eigenvalue weighted by molar-refractivity contribution is 0.214. The lowest BCUT2D eigenvalue weighted by Gasteiger charge is -2.21. The van der Waals surface area contributed by atoms with Gasteiger partial charge in [-0.15, -0.1) is 0 Å². The number of halogens is 2. The standard InChI is InChI=1S/C17H18F2N4O2/c1-10-20-14-7-9-23(8-6-11(14)16(24)22(10)2)17(25)21-15-12(18)4-3-5-13(15)19/h3-5H,6-9H2,1-2H3,(H,21,25). The van der Waals surface area contributed by atoms with E-state index in [1.54, 1.807) is 14.0 Å². The zero-order chi connectivity index (χ0) is 18.1. The van der Waals surface area contributed by atoms with E-state index in [4.69, 9.17) is 0 Å². The highest BCUT2D eigenvalue weighted by molar-refractivity contribution is 5.89. The number of anilines is 1. The Kier molecular flexibility index (Phi) is 4.52. The molecule has 0 saturated heterocycles. The summed E-state index contributed by atoms with van der Waals surface area (Å²) in [5.41, 5.74) is 0.664. The lowest BCUT2D eigenvalue weighted by Crippen LogP contribution is -2.37. The van der Waals surface area contributed by atoms with Crippen molar-refractivity contribution in [2.24, 2.45) is 7.05 Å². The number of para-hydroxylation sites is 1. The van der Waals surface area contributed by atoms with Crippen LogP contribution in [0.25, 0.3) is 0 Å². The molecular formula is C17H18F2N4O2. The summed E-state index contributed by atoms with van der Waals surface area (Å²) in [6.07, 6.45) is 0.766. The first-order chi connectivity index (χ1) is 11.9. The van der Waals surface area contributed by atoms with Gasteiger partial charge in [0.25, 0.3) is 5.56 Å². The molecule has 0 atom stereocenters. The maximum atomic E-state index is 13.7. The molecular weight excluding hydrogens is 330 g/mol. The summed E-state index contributed by atoms with van der Waals surface area (Å²) in [4.78, 5) is 30.6. The van der Waals surface area contributed by atoms with Crippen molar-refractivity contribution in [3.63, 3.8) is 0 Å². The highest BCUT2D eigenvalue weighted by Gasteiger charge is 2.23. The summed E-state index contributed by atoms with van der Waals surface area (Å²) in [5.74, 6) is -1.06. The van der Waals surface area contributed by atoms with Crippen molar-refractivity contribution >= 4 is 11.7 Å². The fraction of sp³-hybridized carbons (Fsp3) is 0.353. The molecule has 132 valence electrons. The molecule has 0 bridgehead atoms. The van der Waals surface area contributed by atoms with Gasteiger partial charge in [-0.2, -0.15) is 0 Å². The van der Waals surface area contributed by atoms with Gasteiger partial charge in [0.1, 0.15) is 23.1 Å². The Morgan fingerprint density at radius 2 is 1.84 bits per heavy atom. The van der Waals surface area contributed by atoms with Crippen LogP contribution in [-0.2, 0) is 19.9 Å². The fourth-order valence-corrected chi connectivity index (χ4v) is 2.87. The molecule has 0 unspecified atom stereocenters. The van der Waals surface area contributed by atoms with E-state index in [0.717, 1.165) is 12.1 Å². The van der Waals surface area contributed by atoms with Crippen LogP contribution in [0.5, 0.6) is 0 Å². The quantitative estimate of drug-likeness (QED) is 0.857. The van der Waals surface area contributed by atoms with E-state index in [2.05, 4.69) is 10.3 Å². The van der Waals surface area contributed by atoms with Gasteiger partial charge in [0.2, 0.25) is 0 Å². The third kappa shape index (κ3) is 3.24. The van der Waals surface area contributed by atoms with Crippen molar-refractivity contribution in [3.8, 4) is 0 Å². The van der Waals surface area contributed by atoms with Crippen molar-refractivity contribution in [3.05, 3.63) is 57.3 Å². The topological polar surface area (TPSA) is 67.2 Å². The second-order valence-corrected chi connectivity index (χ2v) is 5.96. The third-order valence-electron chi connectivity index (χ3n) is 4.43. The molecule has 0 fully saturated rings. The van der Waals surface area contributed by atoms with E-state index in [1.807, 2.05) is 0 Å². The summed E-state index contributed by atoms with van der Waals surface area (Å²) in [6, 6.07) is 2.78. The molecule has 1 aromatic carbocycles. The molecule has 0 spiro atoms. The summed E-state index contributed by atoms with van der Waals surface area (Å²) in [5, 5.41) is 2.27. The SMILES string of the molecule is Cc1nc2c(c(=O)n1C)CCN(C(=O)Nc1c(F)cccc1F)CC2. The van der Waals surface area contributed by atoms with Crippen molar-refractivity contribution in [2.45, 2.75) is 19.8 Å². The van der Waals surface area contributed by atoms with Crippen LogP contribution in [0.15, 0.2) is 23.0 Å². The molecule has 8 heteroatoms. The molecule has 0 radical (unpaired) electrons. The number of nitrogens with one attached hydrogen (secondary N) is 1. The number of fused-ring (bicyclic) bond motifs is 1. The molecule has 2 aromatic rings. The van der Waals surface area contributed by atoms with Crippen LogP contribution in [0.4, 0.5) is 19.3 Å². The number of aryl methyl sites for hydroxylation is 1. The number of carbonyl (C=O) groups excluding carboxylic acids is 1. The van der Waals surface area contributed by atoms with Crippen molar-refractivity contribution in [1.82, 2.24) is 14.5 Å². The number of amides is 2. The van der Waals surface area contributed by atoms with Crippen LogP contribution in [0.1, 0.15) is 17.1 Å². The molecule has 1 N–H and O–H groups in total. The molecule has 0 aliphatic carbocycles. The number of hydrogen-bond acceptors (Lipinski definition) is 3. The van der Waals surface area contributed by atoms with Crippen LogP contribution in [0, 0.1) is 18.6 Å². The average molecular weight is 348 g/mol. The Balaban J connectivity index is 1.79. The summed E-state index contributed by atoms with van der Waals surface area (Å²) in [7, 11) is 1.65. The number of rotatable bonds is 1. The van der Waals surface area contributed by atoms with Gasteiger partial charge in [-0.25, -0.2) is 18.6 Å². The molecule has 1 aromatic heterocycles. The first kappa shape index (κ1) is 17.1. The van der Waals surface area contributed by atoms with E-state index in [1.165, 1.54) is 15.5 Å². The number of carbonyl (C=O) groups is 1. The molecule has 6 nitrogen and oxygen atoms in total. The average Bonchev–Trinajstić information content (AvgIpc) is 2.79. The van der Waals surface area contributed by atoms with Gasteiger partial charge in [-0.05, 0) is 25.5 Å². The number of aromatic nitrogens is 2. The maximum absolute atomic E-state index is 13.7. The van der Waals surface area contributed by atoms with Gasteiger partial charge in [0.15, 0.2) is 0 Å². The van der Waals surface area contributed by atoms with Gasteiger partial charge in [-0.3, -0.25) is 9.36 Å². The van der Waals surface area contributed by atoms with Gasteiger partial charge < -0.3 is 10.2 Å². The zero-order valence-corrected chi connectivity index (χ0v) is 14.0. The van der Waals surface area contributed by atoms with Crippen LogP contribution in [-0.4, -0.2) is 33.6 Å².